The number of aromatic nitrogens is 2. The summed E-state index contributed by atoms with van der Waals surface area (Å²) in [7, 11) is 3.86. The molecule has 0 N–H and O–H groups in total. The van der Waals surface area contributed by atoms with Crippen LogP contribution in [0.5, 0.6) is 0 Å². The molecule has 1 aliphatic rings. The molecule has 0 saturated carbocycles. The Morgan fingerprint density at radius 3 is 2.11 bits per heavy atom. The molecule has 0 atom stereocenters. The molecule has 4 aromatic rings. The van der Waals surface area contributed by atoms with E-state index in [1.807, 2.05) is 105 Å². The van der Waals surface area contributed by atoms with Gasteiger partial charge in [-0.1, -0.05) is 71.8 Å². The zero-order chi connectivity index (χ0) is 24.5. The minimum atomic E-state index is -0.169. The molecule has 35 heavy (non-hydrogen) atoms. The number of benzene rings is 3. The van der Waals surface area contributed by atoms with Crippen LogP contribution in [0.25, 0.3) is 22.5 Å². The van der Waals surface area contributed by atoms with Gasteiger partial charge in [0, 0.05) is 21.7 Å². The maximum Gasteiger partial charge on any atom is 0.278 e. The summed E-state index contributed by atoms with van der Waals surface area (Å²) in [6.07, 6.45) is 0. The van der Waals surface area contributed by atoms with Crippen molar-refractivity contribution in [2.75, 3.05) is 25.7 Å². The average molecular weight is 482 g/mol. The third-order valence-electron chi connectivity index (χ3n) is 5.74. The molecule has 6 nitrogen and oxygen atoms in total. The van der Waals surface area contributed by atoms with Crippen LogP contribution in [0.15, 0.2) is 83.9 Å². The maximum atomic E-state index is 13.4. The molecule has 0 unspecified atom stereocenters. The lowest BCUT2D eigenvalue weighted by Crippen LogP contribution is -2.37. The van der Waals surface area contributed by atoms with E-state index in [1.165, 1.54) is 0 Å². The predicted molar refractivity (Wildman–Crippen MR) is 141 cm³/mol. The van der Waals surface area contributed by atoms with E-state index in [2.05, 4.69) is 0 Å². The SMILES string of the molecule is Cc1ccc(-c2cc(-c3ccc(Cl)cc3)nc(/N=C3\C(=O)N(CN(C)C)c4ccccc43)n2)cc1. The summed E-state index contributed by atoms with van der Waals surface area (Å²) in [4.78, 5) is 31.2. The molecule has 0 saturated heterocycles. The van der Waals surface area contributed by atoms with Crippen molar-refractivity contribution in [1.29, 1.82) is 0 Å². The van der Waals surface area contributed by atoms with Crippen LogP contribution in [-0.2, 0) is 4.79 Å². The number of para-hydroxylation sites is 1. The molecule has 1 aromatic heterocycles. The van der Waals surface area contributed by atoms with Gasteiger partial charge in [0.05, 0.1) is 23.7 Å². The fraction of sp³-hybridized carbons (Fsp3) is 0.143. The third-order valence-corrected chi connectivity index (χ3v) is 5.99. The Morgan fingerprint density at radius 1 is 0.886 bits per heavy atom. The van der Waals surface area contributed by atoms with E-state index >= 15 is 0 Å². The van der Waals surface area contributed by atoms with Gasteiger partial charge in [-0.2, -0.15) is 0 Å². The Labute approximate surface area is 209 Å². The van der Waals surface area contributed by atoms with Crippen LogP contribution >= 0.6 is 11.6 Å². The first kappa shape index (κ1) is 22.9. The molecule has 1 aliphatic heterocycles. The smallest absolute Gasteiger partial charge is 0.278 e. The highest BCUT2D eigenvalue weighted by Gasteiger charge is 2.34. The van der Waals surface area contributed by atoms with Crippen LogP contribution in [0.3, 0.4) is 0 Å². The fourth-order valence-electron chi connectivity index (χ4n) is 4.02. The van der Waals surface area contributed by atoms with Gasteiger partial charge in [0.15, 0.2) is 0 Å². The molecule has 0 aliphatic carbocycles. The highest BCUT2D eigenvalue weighted by Crippen LogP contribution is 2.32. The van der Waals surface area contributed by atoms with Crippen LogP contribution in [-0.4, -0.2) is 47.3 Å². The predicted octanol–water partition coefficient (Wildman–Crippen LogP) is 5.76. The van der Waals surface area contributed by atoms with Gasteiger partial charge < -0.3 is 0 Å². The molecule has 2 heterocycles. The highest BCUT2D eigenvalue weighted by atomic mass is 35.5. The number of amides is 1. The van der Waals surface area contributed by atoms with Crippen molar-refractivity contribution in [3.63, 3.8) is 0 Å². The number of rotatable bonds is 5. The monoisotopic (exact) mass is 481 g/mol. The number of halogens is 1. The van der Waals surface area contributed by atoms with Gasteiger partial charge in [-0.25, -0.2) is 15.0 Å². The molecule has 174 valence electrons. The highest BCUT2D eigenvalue weighted by molar-refractivity contribution is 6.54. The minimum absolute atomic E-state index is 0.169. The molecule has 0 fully saturated rings. The summed E-state index contributed by atoms with van der Waals surface area (Å²) < 4.78 is 0. The summed E-state index contributed by atoms with van der Waals surface area (Å²) in [6.45, 7) is 2.50. The van der Waals surface area contributed by atoms with Crippen molar-refractivity contribution in [2.24, 2.45) is 4.99 Å². The lowest BCUT2D eigenvalue weighted by Gasteiger charge is -2.21. The van der Waals surface area contributed by atoms with E-state index in [0.717, 1.165) is 33.6 Å². The van der Waals surface area contributed by atoms with Crippen LogP contribution < -0.4 is 4.90 Å². The Hall–Kier alpha value is -3.87. The Bertz CT molecular complexity index is 1370. The fourth-order valence-corrected chi connectivity index (χ4v) is 4.14. The molecular weight excluding hydrogens is 458 g/mol. The number of carbonyl (C=O) groups is 1. The number of fused-ring (bicyclic) bond motifs is 1. The summed E-state index contributed by atoms with van der Waals surface area (Å²) in [6, 6.07) is 25.2. The van der Waals surface area contributed by atoms with Gasteiger partial charge in [-0.05, 0) is 45.3 Å². The van der Waals surface area contributed by atoms with Crippen molar-refractivity contribution >= 4 is 34.9 Å². The first-order valence-electron chi connectivity index (χ1n) is 11.3. The topological polar surface area (TPSA) is 61.7 Å². The normalized spacial score (nSPS) is 14.1. The standard InChI is InChI=1S/C28H24ClN5O/c1-18-8-10-19(11-9-18)23-16-24(20-12-14-21(29)15-13-20)31-28(30-23)32-26-22-6-4-5-7-25(22)34(27(26)35)17-33(2)3/h4-16H,17H2,1-3H3/b32-26-. The molecule has 7 heteroatoms. The number of nitrogens with zero attached hydrogens (tertiary/aromatic N) is 5. The first-order chi connectivity index (χ1) is 16.9. The average Bonchev–Trinajstić information content (AvgIpc) is 3.10. The minimum Gasteiger partial charge on any atom is -0.293 e. The van der Waals surface area contributed by atoms with Gasteiger partial charge in [0.2, 0.25) is 0 Å². The van der Waals surface area contributed by atoms with E-state index in [0.29, 0.717) is 23.1 Å². The summed E-state index contributed by atoms with van der Waals surface area (Å²) in [5.41, 5.74) is 6.37. The lowest BCUT2D eigenvalue weighted by atomic mass is 10.1. The zero-order valence-corrected chi connectivity index (χ0v) is 20.5. The van der Waals surface area contributed by atoms with Crippen molar-refractivity contribution in [3.05, 3.63) is 95.0 Å². The van der Waals surface area contributed by atoms with E-state index in [4.69, 9.17) is 26.6 Å². The third kappa shape index (κ3) is 4.71. The quantitative estimate of drug-likeness (QED) is 0.363. The van der Waals surface area contributed by atoms with Gasteiger partial charge in [-0.3, -0.25) is 14.6 Å². The number of anilines is 1. The van der Waals surface area contributed by atoms with E-state index in [9.17, 15) is 4.79 Å². The van der Waals surface area contributed by atoms with Crippen LogP contribution in [0.2, 0.25) is 5.02 Å². The van der Waals surface area contributed by atoms with Crippen LogP contribution in [0.1, 0.15) is 11.1 Å². The van der Waals surface area contributed by atoms with Crippen molar-refractivity contribution < 1.29 is 4.79 Å². The number of aryl methyl sites for hydroxylation is 1. The Balaban J connectivity index is 1.65. The van der Waals surface area contributed by atoms with E-state index in [1.54, 1.807) is 4.90 Å². The summed E-state index contributed by atoms with van der Waals surface area (Å²) in [5.74, 6) is 0.0650. The maximum absolute atomic E-state index is 13.4. The number of hydrogen-bond acceptors (Lipinski definition) is 5. The van der Waals surface area contributed by atoms with Gasteiger partial charge in [0.25, 0.3) is 11.9 Å². The molecule has 0 radical (unpaired) electrons. The summed E-state index contributed by atoms with van der Waals surface area (Å²) in [5, 5.41) is 0.649. The van der Waals surface area contributed by atoms with Crippen molar-refractivity contribution in [2.45, 2.75) is 6.92 Å². The largest absolute Gasteiger partial charge is 0.293 e. The Kier molecular flexibility index (Phi) is 6.16. The van der Waals surface area contributed by atoms with Crippen LogP contribution in [0.4, 0.5) is 11.6 Å². The number of aliphatic imine (C=N–C) groups is 1. The Morgan fingerprint density at radius 2 is 1.49 bits per heavy atom. The molecule has 1 amide bonds. The number of carbonyl (C=O) groups excluding carboxylic acids is 1. The zero-order valence-electron chi connectivity index (χ0n) is 19.7. The molecule has 0 spiro atoms. The lowest BCUT2D eigenvalue weighted by molar-refractivity contribution is -0.112. The second kappa shape index (κ2) is 9.41. The second-order valence-electron chi connectivity index (χ2n) is 8.74. The van der Waals surface area contributed by atoms with Crippen molar-refractivity contribution in [3.8, 4) is 22.5 Å². The molecule has 5 rings (SSSR count). The van der Waals surface area contributed by atoms with E-state index < -0.39 is 0 Å². The van der Waals surface area contributed by atoms with Crippen LogP contribution in [0, 0.1) is 6.92 Å². The van der Waals surface area contributed by atoms with Gasteiger partial charge in [-0.15, -0.1) is 0 Å². The second-order valence-corrected chi connectivity index (χ2v) is 9.18. The molecule has 3 aromatic carbocycles. The summed E-state index contributed by atoms with van der Waals surface area (Å²) >= 11 is 6.10. The van der Waals surface area contributed by atoms with Gasteiger partial charge in [0.1, 0.15) is 5.71 Å². The number of hydrogen-bond donors (Lipinski definition) is 0. The molecule has 0 bridgehead atoms. The molecular formula is C28H24ClN5O. The van der Waals surface area contributed by atoms with E-state index in [-0.39, 0.29) is 11.9 Å². The first-order valence-corrected chi connectivity index (χ1v) is 11.6. The van der Waals surface area contributed by atoms with Crippen molar-refractivity contribution in [1.82, 2.24) is 14.9 Å². The van der Waals surface area contributed by atoms with Gasteiger partial charge >= 0.3 is 0 Å².